The Morgan fingerprint density at radius 2 is 2.16 bits per heavy atom. The highest BCUT2D eigenvalue weighted by atomic mass is 17.0. The molecule has 1 aromatic carbocycles. The van der Waals surface area contributed by atoms with Gasteiger partial charge in [0.25, 0.3) is 5.09 Å². The van der Waals surface area contributed by atoms with Crippen molar-refractivity contribution in [3.63, 3.8) is 0 Å². The molecule has 0 saturated carbocycles. The molecule has 1 unspecified atom stereocenters. The van der Waals surface area contributed by atoms with Crippen LogP contribution in [-0.4, -0.2) is 41.2 Å². The number of ether oxygens (including phenoxy) is 1. The van der Waals surface area contributed by atoms with Gasteiger partial charge in [0.15, 0.2) is 0 Å². The summed E-state index contributed by atoms with van der Waals surface area (Å²) in [5.74, 6) is 0.363. The number of nitrogen functional groups attached to an aromatic ring is 1. The molecule has 1 rings (SSSR count). The summed E-state index contributed by atoms with van der Waals surface area (Å²) in [4.78, 5) is 13.9. The second-order valence-electron chi connectivity index (χ2n) is 3.83. The van der Waals surface area contributed by atoms with Gasteiger partial charge in [-0.15, -0.1) is 10.1 Å². The molecule has 0 amide bonds. The number of rotatable bonds is 8. The maximum atomic E-state index is 9.92. The summed E-state index contributed by atoms with van der Waals surface area (Å²) in [6.07, 6.45) is -0.633. The van der Waals surface area contributed by atoms with Crippen LogP contribution in [0.15, 0.2) is 18.2 Å². The Balaban J connectivity index is 2.46. The molecular formula is C11H16N2O6. The molecule has 19 heavy (non-hydrogen) atoms. The summed E-state index contributed by atoms with van der Waals surface area (Å²) in [6, 6.07) is 5.01. The van der Waals surface area contributed by atoms with E-state index in [1.807, 2.05) is 0 Å². The van der Waals surface area contributed by atoms with Gasteiger partial charge in [0.2, 0.25) is 0 Å². The van der Waals surface area contributed by atoms with Crippen LogP contribution in [0, 0.1) is 10.1 Å². The van der Waals surface area contributed by atoms with E-state index in [4.69, 9.17) is 15.6 Å². The molecule has 106 valence electrons. The Labute approximate surface area is 109 Å². The minimum absolute atomic E-state index is 0.0244. The molecule has 4 N–H and O–H groups in total. The molecule has 0 bridgehead atoms. The van der Waals surface area contributed by atoms with E-state index in [1.165, 1.54) is 0 Å². The van der Waals surface area contributed by atoms with Gasteiger partial charge in [0, 0.05) is 6.61 Å². The second kappa shape index (κ2) is 7.39. The fourth-order valence-corrected chi connectivity index (χ4v) is 1.39. The van der Waals surface area contributed by atoms with E-state index in [2.05, 4.69) is 4.84 Å². The van der Waals surface area contributed by atoms with E-state index < -0.39 is 17.8 Å². The Bertz CT molecular complexity index is 426. The van der Waals surface area contributed by atoms with Crippen LogP contribution in [0.1, 0.15) is 5.56 Å². The summed E-state index contributed by atoms with van der Waals surface area (Å²) < 4.78 is 5.22. The highest BCUT2D eigenvalue weighted by molar-refractivity contribution is 5.54. The van der Waals surface area contributed by atoms with Crippen LogP contribution in [0.3, 0.4) is 0 Å². The molecule has 0 aliphatic rings. The van der Waals surface area contributed by atoms with Crippen LogP contribution in [0.2, 0.25) is 0 Å². The van der Waals surface area contributed by atoms with Gasteiger partial charge < -0.3 is 25.5 Å². The summed E-state index contributed by atoms with van der Waals surface area (Å²) in [5.41, 5.74) is 6.97. The molecule has 8 heteroatoms. The third-order valence-electron chi connectivity index (χ3n) is 2.28. The first-order valence-corrected chi connectivity index (χ1v) is 5.60. The minimum atomic E-state index is -1.12. The van der Waals surface area contributed by atoms with Crippen LogP contribution in [0.5, 0.6) is 5.75 Å². The fraction of sp³-hybridized carbons (Fsp3) is 0.455. The van der Waals surface area contributed by atoms with Gasteiger partial charge in [-0.2, -0.15) is 0 Å². The summed E-state index contributed by atoms with van der Waals surface area (Å²) in [7, 11) is 0. The molecule has 8 nitrogen and oxygen atoms in total. The van der Waals surface area contributed by atoms with Gasteiger partial charge in [-0.25, -0.2) is 0 Å². The summed E-state index contributed by atoms with van der Waals surface area (Å²) in [6.45, 7) is -0.608. The van der Waals surface area contributed by atoms with Crippen LogP contribution in [0.4, 0.5) is 5.69 Å². The van der Waals surface area contributed by atoms with E-state index in [1.54, 1.807) is 18.2 Å². The Hall–Kier alpha value is -2.06. The molecule has 0 spiro atoms. The molecular weight excluding hydrogens is 256 g/mol. The lowest BCUT2D eigenvalue weighted by molar-refractivity contribution is -0.759. The largest absolute Gasteiger partial charge is 0.489 e. The Kier molecular flexibility index (Phi) is 5.83. The van der Waals surface area contributed by atoms with Crippen molar-refractivity contribution >= 4 is 5.69 Å². The lowest BCUT2D eigenvalue weighted by atomic mass is 10.1. The third-order valence-corrected chi connectivity index (χ3v) is 2.28. The zero-order valence-electron chi connectivity index (χ0n) is 10.2. The van der Waals surface area contributed by atoms with Crippen molar-refractivity contribution < 1.29 is 24.9 Å². The molecule has 0 fully saturated rings. The number of benzene rings is 1. The summed E-state index contributed by atoms with van der Waals surface area (Å²) in [5, 5.41) is 27.1. The normalized spacial score (nSPS) is 11.9. The van der Waals surface area contributed by atoms with Gasteiger partial charge in [-0.1, -0.05) is 6.07 Å². The standard InChI is InChI=1S/C11H16N2O6/c12-10-5-8(3-4-14)1-2-11(10)18-6-9(15)7-19-13(16)17/h1-2,5,9,14-15H,3-4,6-7,12H2. The highest BCUT2D eigenvalue weighted by Gasteiger charge is 2.09. The van der Waals surface area contributed by atoms with E-state index in [-0.39, 0.29) is 13.2 Å². The minimum Gasteiger partial charge on any atom is -0.489 e. The number of nitrogens with zero attached hydrogens (tertiary/aromatic N) is 1. The Morgan fingerprint density at radius 1 is 1.42 bits per heavy atom. The number of nitrogens with two attached hydrogens (primary N) is 1. The number of hydrogen-bond donors (Lipinski definition) is 3. The smallest absolute Gasteiger partial charge is 0.294 e. The van der Waals surface area contributed by atoms with Crippen LogP contribution in [0.25, 0.3) is 0 Å². The molecule has 0 radical (unpaired) electrons. The highest BCUT2D eigenvalue weighted by Crippen LogP contribution is 2.22. The quantitative estimate of drug-likeness (QED) is 0.338. The van der Waals surface area contributed by atoms with Crippen LogP contribution >= 0.6 is 0 Å². The molecule has 1 aromatic rings. The van der Waals surface area contributed by atoms with Crippen molar-refractivity contribution in [3.05, 3.63) is 33.9 Å². The molecule has 1 atom stereocenters. The van der Waals surface area contributed by atoms with E-state index in [0.717, 1.165) is 5.56 Å². The van der Waals surface area contributed by atoms with Crippen molar-refractivity contribution in [1.82, 2.24) is 0 Å². The van der Waals surface area contributed by atoms with Gasteiger partial charge in [-0.3, -0.25) is 0 Å². The molecule has 0 aliphatic carbocycles. The van der Waals surface area contributed by atoms with Gasteiger partial charge in [0.05, 0.1) is 5.69 Å². The first-order chi connectivity index (χ1) is 9.02. The second-order valence-corrected chi connectivity index (χ2v) is 3.83. The maximum Gasteiger partial charge on any atom is 0.294 e. The topological polar surface area (TPSA) is 128 Å². The van der Waals surface area contributed by atoms with Crippen molar-refractivity contribution in [2.75, 3.05) is 25.6 Å². The summed E-state index contributed by atoms with van der Waals surface area (Å²) >= 11 is 0. The van der Waals surface area contributed by atoms with Crippen molar-refractivity contribution in [3.8, 4) is 5.75 Å². The number of aliphatic hydroxyl groups excluding tert-OH is 2. The number of hydrogen-bond acceptors (Lipinski definition) is 7. The van der Waals surface area contributed by atoms with E-state index >= 15 is 0 Å². The van der Waals surface area contributed by atoms with Gasteiger partial charge in [-0.05, 0) is 24.1 Å². The number of aliphatic hydroxyl groups is 2. The van der Waals surface area contributed by atoms with E-state index in [9.17, 15) is 15.2 Å². The van der Waals surface area contributed by atoms with Crippen LogP contribution < -0.4 is 10.5 Å². The predicted molar refractivity (Wildman–Crippen MR) is 66.1 cm³/mol. The maximum absolute atomic E-state index is 9.92. The zero-order valence-corrected chi connectivity index (χ0v) is 10.2. The first kappa shape index (κ1) is 15.0. The zero-order chi connectivity index (χ0) is 14.3. The van der Waals surface area contributed by atoms with E-state index in [0.29, 0.717) is 17.9 Å². The fourth-order valence-electron chi connectivity index (χ4n) is 1.39. The average molecular weight is 272 g/mol. The average Bonchev–Trinajstić information content (AvgIpc) is 2.35. The van der Waals surface area contributed by atoms with Crippen LogP contribution in [-0.2, 0) is 11.3 Å². The monoisotopic (exact) mass is 272 g/mol. The number of anilines is 1. The van der Waals surface area contributed by atoms with Gasteiger partial charge >= 0.3 is 0 Å². The molecule has 0 heterocycles. The predicted octanol–water partition coefficient (Wildman–Crippen LogP) is -0.248. The molecule has 0 aliphatic heterocycles. The lowest BCUT2D eigenvalue weighted by Gasteiger charge is -2.13. The van der Waals surface area contributed by atoms with Gasteiger partial charge in [0.1, 0.15) is 25.1 Å². The molecule has 0 aromatic heterocycles. The third kappa shape index (κ3) is 5.40. The van der Waals surface area contributed by atoms with Crippen molar-refractivity contribution in [2.45, 2.75) is 12.5 Å². The van der Waals surface area contributed by atoms with Crippen molar-refractivity contribution in [1.29, 1.82) is 0 Å². The van der Waals surface area contributed by atoms with Crippen molar-refractivity contribution in [2.24, 2.45) is 0 Å². The lowest BCUT2D eigenvalue weighted by Crippen LogP contribution is -2.25. The SMILES string of the molecule is Nc1cc(CCO)ccc1OCC(O)CO[N+](=O)[O-]. The first-order valence-electron chi connectivity index (χ1n) is 5.60. The Morgan fingerprint density at radius 3 is 2.74 bits per heavy atom. The molecule has 0 saturated heterocycles.